The van der Waals surface area contributed by atoms with Crippen molar-refractivity contribution in [2.24, 2.45) is 11.8 Å². The normalized spacial score (nSPS) is 29.8. The Morgan fingerprint density at radius 3 is 3.16 bits per heavy atom. The van der Waals surface area contributed by atoms with Crippen LogP contribution in [-0.4, -0.2) is 16.7 Å². The topological polar surface area (TPSA) is 64.1 Å². The summed E-state index contributed by atoms with van der Waals surface area (Å²) in [5, 5.41) is 7.58. The smallest absolute Gasteiger partial charge is 0.244 e. The maximum atomic E-state index is 5.45. The minimum atomic E-state index is 0.226. The first-order valence-corrected chi connectivity index (χ1v) is 6.94. The maximum Gasteiger partial charge on any atom is 0.244 e. The van der Waals surface area contributed by atoms with E-state index in [1.165, 1.54) is 19.3 Å². The quantitative estimate of drug-likeness (QED) is 0.898. The Labute approximate surface area is 111 Å². The molecular formula is C14H17N3O2. The van der Waals surface area contributed by atoms with Crippen molar-refractivity contribution >= 4 is 0 Å². The minimum Gasteiger partial charge on any atom is -0.461 e. The summed E-state index contributed by atoms with van der Waals surface area (Å²) in [6.45, 7) is 3.06. The lowest BCUT2D eigenvalue weighted by Crippen LogP contribution is -2.18. The van der Waals surface area contributed by atoms with Gasteiger partial charge in [0, 0.05) is 0 Å². The van der Waals surface area contributed by atoms with Crippen LogP contribution in [0.2, 0.25) is 0 Å². The molecule has 5 nitrogen and oxygen atoms in total. The van der Waals surface area contributed by atoms with Crippen molar-refractivity contribution in [3.05, 3.63) is 23.8 Å². The monoisotopic (exact) mass is 259 g/mol. The van der Waals surface area contributed by atoms with E-state index in [0.717, 1.165) is 18.0 Å². The van der Waals surface area contributed by atoms with E-state index in [1.54, 1.807) is 6.26 Å². The second-order valence-electron chi connectivity index (χ2n) is 5.63. The second kappa shape index (κ2) is 4.20. The highest BCUT2D eigenvalue weighted by molar-refractivity contribution is 5.51. The summed E-state index contributed by atoms with van der Waals surface area (Å²) in [5.74, 6) is 3.41. The van der Waals surface area contributed by atoms with Gasteiger partial charge in [-0.2, -0.15) is 4.98 Å². The Morgan fingerprint density at radius 1 is 1.37 bits per heavy atom. The lowest BCUT2D eigenvalue weighted by molar-refractivity contribution is 0.302. The Kier molecular flexibility index (Phi) is 2.48. The van der Waals surface area contributed by atoms with Gasteiger partial charge in [0.15, 0.2) is 5.76 Å². The molecule has 2 aliphatic rings. The molecule has 100 valence electrons. The van der Waals surface area contributed by atoms with Crippen LogP contribution in [0.5, 0.6) is 0 Å². The summed E-state index contributed by atoms with van der Waals surface area (Å²) < 4.78 is 10.9. The molecule has 0 radical (unpaired) electrons. The molecule has 1 aliphatic carbocycles. The summed E-state index contributed by atoms with van der Waals surface area (Å²) in [5.41, 5.74) is 1.03. The van der Waals surface area contributed by atoms with Crippen LogP contribution in [0.3, 0.4) is 0 Å². The van der Waals surface area contributed by atoms with Crippen molar-refractivity contribution in [2.45, 2.75) is 32.2 Å². The predicted molar refractivity (Wildman–Crippen MR) is 68.3 cm³/mol. The van der Waals surface area contributed by atoms with Crippen LogP contribution in [0.4, 0.5) is 0 Å². The number of furan rings is 1. The predicted octanol–water partition coefficient (Wildman–Crippen LogP) is 2.70. The van der Waals surface area contributed by atoms with Crippen molar-refractivity contribution in [2.75, 3.05) is 6.54 Å². The van der Waals surface area contributed by atoms with E-state index < -0.39 is 0 Å². The molecule has 19 heavy (non-hydrogen) atoms. The van der Waals surface area contributed by atoms with Gasteiger partial charge in [0.05, 0.1) is 12.3 Å². The molecule has 0 spiro atoms. The van der Waals surface area contributed by atoms with Crippen molar-refractivity contribution in [3.63, 3.8) is 0 Å². The van der Waals surface area contributed by atoms with Crippen LogP contribution in [0, 0.1) is 18.8 Å². The minimum absolute atomic E-state index is 0.226. The molecule has 1 saturated carbocycles. The molecule has 2 aromatic rings. The number of hydrogen-bond acceptors (Lipinski definition) is 5. The Balaban J connectivity index is 1.63. The lowest BCUT2D eigenvalue weighted by atomic mass is 9.94. The van der Waals surface area contributed by atoms with E-state index in [1.807, 2.05) is 13.0 Å². The number of hydrogen-bond donors (Lipinski definition) is 1. The summed E-state index contributed by atoms with van der Waals surface area (Å²) in [6, 6.07) is 2.13. The third kappa shape index (κ3) is 1.72. The Bertz CT molecular complexity index is 589. The summed E-state index contributed by atoms with van der Waals surface area (Å²) in [7, 11) is 0. The van der Waals surface area contributed by atoms with Gasteiger partial charge in [0.25, 0.3) is 0 Å². The molecule has 1 aliphatic heterocycles. The SMILES string of the molecule is Cc1ccoc1-c1noc(C2NCC3CCCC32)n1. The zero-order valence-corrected chi connectivity index (χ0v) is 10.9. The fourth-order valence-corrected chi connectivity index (χ4v) is 3.51. The fraction of sp³-hybridized carbons (Fsp3) is 0.571. The van der Waals surface area contributed by atoms with Crippen LogP contribution in [-0.2, 0) is 0 Å². The third-order valence-electron chi connectivity index (χ3n) is 4.52. The first kappa shape index (κ1) is 11.2. The van der Waals surface area contributed by atoms with E-state index in [-0.39, 0.29) is 6.04 Å². The molecule has 3 unspecified atom stereocenters. The molecule has 1 N–H and O–H groups in total. The van der Waals surface area contributed by atoms with E-state index >= 15 is 0 Å². The van der Waals surface area contributed by atoms with Crippen LogP contribution in [0.1, 0.15) is 36.8 Å². The van der Waals surface area contributed by atoms with Gasteiger partial charge in [-0.05, 0) is 49.8 Å². The van der Waals surface area contributed by atoms with Gasteiger partial charge >= 0.3 is 0 Å². The molecule has 3 heterocycles. The van der Waals surface area contributed by atoms with Gasteiger partial charge < -0.3 is 14.3 Å². The summed E-state index contributed by atoms with van der Waals surface area (Å²) >= 11 is 0. The molecule has 0 amide bonds. The number of nitrogens with zero attached hydrogens (tertiary/aromatic N) is 2. The molecule has 1 saturated heterocycles. The maximum absolute atomic E-state index is 5.45. The number of aryl methyl sites for hydroxylation is 1. The van der Waals surface area contributed by atoms with Gasteiger partial charge in [-0.3, -0.25) is 0 Å². The number of fused-ring (bicyclic) bond motifs is 1. The standard InChI is InChI=1S/C14H17N3O2/c1-8-5-6-18-12(8)13-16-14(19-17-13)11-10-4-2-3-9(10)7-15-11/h5-6,9-11,15H,2-4,7H2,1H3. The van der Waals surface area contributed by atoms with Crippen LogP contribution in [0.25, 0.3) is 11.6 Å². The van der Waals surface area contributed by atoms with Crippen molar-refractivity contribution in [1.29, 1.82) is 0 Å². The molecule has 4 rings (SSSR count). The molecular weight excluding hydrogens is 242 g/mol. The van der Waals surface area contributed by atoms with E-state index in [9.17, 15) is 0 Å². The third-order valence-corrected chi connectivity index (χ3v) is 4.52. The first-order valence-electron chi connectivity index (χ1n) is 6.94. The first-order chi connectivity index (χ1) is 9.33. The Hall–Kier alpha value is -1.62. The van der Waals surface area contributed by atoms with Gasteiger partial charge in [-0.1, -0.05) is 11.6 Å². The van der Waals surface area contributed by atoms with E-state index in [4.69, 9.17) is 8.94 Å². The molecule has 5 heteroatoms. The van der Waals surface area contributed by atoms with Crippen molar-refractivity contribution < 1.29 is 8.94 Å². The zero-order valence-electron chi connectivity index (χ0n) is 10.9. The number of nitrogens with one attached hydrogen (secondary N) is 1. The second-order valence-corrected chi connectivity index (χ2v) is 5.63. The Morgan fingerprint density at radius 2 is 2.32 bits per heavy atom. The number of rotatable bonds is 2. The largest absolute Gasteiger partial charge is 0.461 e. The molecule has 0 bridgehead atoms. The average molecular weight is 259 g/mol. The lowest BCUT2D eigenvalue weighted by Gasteiger charge is -2.13. The number of aromatic nitrogens is 2. The molecule has 0 aromatic carbocycles. The van der Waals surface area contributed by atoms with Crippen molar-refractivity contribution in [3.8, 4) is 11.6 Å². The van der Waals surface area contributed by atoms with Crippen LogP contribution >= 0.6 is 0 Å². The molecule has 2 fully saturated rings. The highest BCUT2D eigenvalue weighted by atomic mass is 16.5. The van der Waals surface area contributed by atoms with Crippen LogP contribution < -0.4 is 5.32 Å². The van der Waals surface area contributed by atoms with E-state index in [0.29, 0.717) is 23.4 Å². The average Bonchev–Trinajstić information content (AvgIpc) is 3.10. The van der Waals surface area contributed by atoms with Gasteiger partial charge in [0.2, 0.25) is 11.7 Å². The molecule has 2 aromatic heterocycles. The highest BCUT2D eigenvalue weighted by Crippen LogP contribution is 2.44. The van der Waals surface area contributed by atoms with Crippen molar-refractivity contribution in [1.82, 2.24) is 15.5 Å². The van der Waals surface area contributed by atoms with Crippen LogP contribution in [0.15, 0.2) is 21.3 Å². The van der Waals surface area contributed by atoms with Gasteiger partial charge in [-0.25, -0.2) is 0 Å². The summed E-state index contributed by atoms with van der Waals surface area (Å²) in [4.78, 5) is 4.52. The fourth-order valence-electron chi connectivity index (χ4n) is 3.51. The molecule has 3 atom stereocenters. The van der Waals surface area contributed by atoms with Gasteiger partial charge in [0.1, 0.15) is 0 Å². The zero-order chi connectivity index (χ0) is 12.8. The van der Waals surface area contributed by atoms with Gasteiger partial charge in [-0.15, -0.1) is 0 Å². The highest BCUT2D eigenvalue weighted by Gasteiger charge is 2.42. The summed E-state index contributed by atoms with van der Waals surface area (Å²) in [6.07, 6.45) is 5.57. The van der Waals surface area contributed by atoms with E-state index in [2.05, 4.69) is 15.5 Å².